The van der Waals surface area contributed by atoms with E-state index in [2.05, 4.69) is 5.32 Å². The molecule has 1 heterocycles. The molecule has 0 unspecified atom stereocenters. The molecule has 0 saturated heterocycles. The number of furan rings is 1. The summed E-state index contributed by atoms with van der Waals surface area (Å²) < 4.78 is 10.9. The molecule has 5 nitrogen and oxygen atoms in total. The standard InChI is InChI=1S/C22H24N2O3/c1-24(2)20-10-8-19(9-11-20)22(25)23-14-17-5-3-6-18(13-17)15-26-16-21-7-4-12-27-21/h3-13H,14-16H2,1-2H3,(H,23,25). The summed E-state index contributed by atoms with van der Waals surface area (Å²) in [6.07, 6.45) is 1.63. The van der Waals surface area contributed by atoms with Crippen LogP contribution in [0.15, 0.2) is 71.3 Å². The van der Waals surface area contributed by atoms with E-state index < -0.39 is 0 Å². The lowest BCUT2D eigenvalue weighted by Gasteiger charge is -2.12. The normalized spacial score (nSPS) is 10.6. The van der Waals surface area contributed by atoms with Crippen LogP contribution in [0.1, 0.15) is 27.2 Å². The van der Waals surface area contributed by atoms with E-state index in [0.717, 1.165) is 22.6 Å². The Morgan fingerprint density at radius 3 is 2.48 bits per heavy atom. The van der Waals surface area contributed by atoms with Crippen molar-refractivity contribution < 1.29 is 13.9 Å². The Labute approximate surface area is 159 Å². The van der Waals surface area contributed by atoms with Crippen molar-refractivity contribution in [2.45, 2.75) is 19.8 Å². The molecule has 0 aliphatic carbocycles. The molecular weight excluding hydrogens is 340 g/mol. The van der Waals surface area contributed by atoms with E-state index in [0.29, 0.717) is 25.3 Å². The third-order valence-corrected chi connectivity index (χ3v) is 4.18. The summed E-state index contributed by atoms with van der Waals surface area (Å²) in [6.45, 7) is 1.41. The summed E-state index contributed by atoms with van der Waals surface area (Å²) in [5.74, 6) is 0.721. The fourth-order valence-electron chi connectivity index (χ4n) is 2.69. The van der Waals surface area contributed by atoms with Crippen molar-refractivity contribution in [3.8, 4) is 0 Å². The van der Waals surface area contributed by atoms with Gasteiger partial charge in [0.25, 0.3) is 5.91 Å². The van der Waals surface area contributed by atoms with Gasteiger partial charge < -0.3 is 19.4 Å². The molecule has 1 N–H and O–H groups in total. The number of benzene rings is 2. The van der Waals surface area contributed by atoms with Crippen LogP contribution in [0, 0.1) is 0 Å². The van der Waals surface area contributed by atoms with Crippen LogP contribution in [0.3, 0.4) is 0 Å². The minimum Gasteiger partial charge on any atom is -0.467 e. The maximum atomic E-state index is 12.3. The Balaban J connectivity index is 1.50. The molecule has 27 heavy (non-hydrogen) atoms. The zero-order valence-electron chi connectivity index (χ0n) is 15.6. The zero-order valence-corrected chi connectivity index (χ0v) is 15.6. The van der Waals surface area contributed by atoms with E-state index in [-0.39, 0.29) is 5.91 Å². The highest BCUT2D eigenvalue weighted by Crippen LogP contribution is 2.13. The largest absolute Gasteiger partial charge is 0.467 e. The summed E-state index contributed by atoms with van der Waals surface area (Å²) in [5.41, 5.74) is 3.81. The molecule has 0 aliphatic heterocycles. The van der Waals surface area contributed by atoms with Crippen LogP contribution in [0.4, 0.5) is 5.69 Å². The minimum absolute atomic E-state index is 0.0835. The molecule has 0 bridgehead atoms. The quantitative estimate of drug-likeness (QED) is 0.657. The van der Waals surface area contributed by atoms with Crippen LogP contribution in [-0.4, -0.2) is 20.0 Å². The van der Waals surface area contributed by atoms with Gasteiger partial charge in [-0.15, -0.1) is 0 Å². The number of hydrogen-bond acceptors (Lipinski definition) is 4. The lowest BCUT2D eigenvalue weighted by molar-refractivity contribution is 0.0928. The smallest absolute Gasteiger partial charge is 0.251 e. The number of nitrogens with zero attached hydrogens (tertiary/aromatic N) is 1. The van der Waals surface area contributed by atoms with Gasteiger partial charge >= 0.3 is 0 Å². The molecule has 5 heteroatoms. The van der Waals surface area contributed by atoms with Gasteiger partial charge in [-0.2, -0.15) is 0 Å². The first-order valence-electron chi connectivity index (χ1n) is 8.85. The molecule has 3 aromatic rings. The fourth-order valence-corrected chi connectivity index (χ4v) is 2.69. The third kappa shape index (κ3) is 5.46. The van der Waals surface area contributed by atoms with Crippen molar-refractivity contribution in [2.24, 2.45) is 0 Å². The summed E-state index contributed by atoms with van der Waals surface area (Å²) in [4.78, 5) is 14.3. The monoisotopic (exact) mass is 364 g/mol. The predicted molar refractivity (Wildman–Crippen MR) is 106 cm³/mol. The highest BCUT2D eigenvalue weighted by molar-refractivity contribution is 5.94. The van der Waals surface area contributed by atoms with E-state index in [1.165, 1.54) is 0 Å². The van der Waals surface area contributed by atoms with Crippen LogP contribution in [0.25, 0.3) is 0 Å². The first kappa shape index (κ1) is 18.7. The first-order chi connectivity index (χ1) is 13.1. The Morgan fingerprint density at radius 2 is 1.78 bits per heavy atom. The molecule has 0 radical (unpaired) electrons. The van der Waals surface area contributed by atoms with Gasteiger partial charge in [-0.05, 0) is 47.5 Å². The molecule has 0 atom stereocenters. The number of nitrogens with one attached hydrogen (secondary N) is 1. The van der Waals surface area contributed by atoms with E-state index in [4.69, 9.17) is 9.15 Å². The molecule has 0 aliphatic rings. The summed E-state index contributed by atoms with van der Waals surface area (Å²) in [6, 6.07) is 19.3. The van der Waals surface area contributed by atoms with Crippen LogP contribution < -0.4 is 10.2 Å². The van der Waals surface area contributed by atoms with Gasteiger partial charge in [0.2, 0.25) is 0 Å². The number of ether oxygens (including phenoxy) is 1. The van der Waals surface area contributed by atoms with Gasteiger partial charge in [0.15, 0.2) is 0 Å². The average Bonchev–Trinajstić information content (AvgIpc) is 3.20. The number of carbonyl (C=O) groups is 1. The predicted octanol–water partition coefficient (Wildman–Crippen LogP) is 3.99. The lowest BCUT2D eigenvalue weighted by Crippen LogP contribution is -2.23. The van der Waals surface area contributed by atoms with Crippen molar-refractivity contribution in [3.05, 3.63) is 89.4 Å². The summed E-state index contributed by atoms with van der Waals surface area (Å²) in [7, 11) is 3.95. The Kier molecular flexibility index (Phi) is 6.28. The second-order valence-corrected chi connectivity index (χ2v) is 6.52. The molecule has 0 fully saturated rings. The van der Waals surface area contributed by atoms with Crippen LogP contribution in [0.5, 0.6) is 0 Å². The van der Waals surface area contributed by atoms with Gasteiger partial charge in [-0.25, -0.2) is 0 Å². The van der Waals surface area contributed by atoms with Crippen LogP contribution >= 0.6 is 0 Å². The maximum Gasteiger partial charge on any atom is 0.251 e. The van der Waals surface area contributed by atoms with Crippen molar-refractivity contribution in [3.63, 3.8) is 0 Å². The molecule has 3 rings (SSSR count). The Bertz CT molecular complexity index is 856. The number of rotatable bonds is 8. The number of hydrogen-bond donors (Lipinski definition) is 1. The third-order valence-electron chi connectivity index (χ3n) is 4.18. The highest BCUT2D eigenvalue weighted by atomic mass is 16.5. The van der Waals surface area contributed by atoms with Gasteiger partial charge in [0, 0.05) is 31.9 Å². The minimum atomic E-state index is -0.0835. The number of amides is 1. The molecule has 1 aromatic heterocycles. The van der Waals surface area contributed by atoms with E-state index in [9.17, 15) is 4.79 Å². The first-order valence-corrected chi connectivity index (χ1v) is 8.85. The van der Waals surface area contributed by atoms with Crippen molar-refractivity contribution in [1.82, 2.24) is 5.32 Å². The summed E-state index contributed by atoms with van der Waals surface area (Å²) in [5, 5.41) is 2.96. The second kappa shape index (κ2) is 9.05. The zero-order chi connectivity index (χ0) is 19.1. The van der Waals surface area contributed by atoms with Crippen molar-refractivity contribution >= 4 is 11.6 Å². The SMILES string of the molecule is CN(C)c1ccc(C(=O)NCc2cccc(COCc3ccco3)c2)cc1. The molecule has 0 saturated carbocycles. The number of anilines is 1. The van der Waals surface area contributed by atoms with E-state index >= 15 is 0 Å². The number of carbonyl (C=O) groups excluding carboxylic acids is 1. The molecule has 0 spiro atoms. The maximum absolute atomic E-state index is 12.3. The lowest BCUT2D eigenvalue weighted by atomic mass is 10.1. The Hall–Kier alpha value is -3.05. The summed E-state index contributed by atoms with van der Waals surface area (Å²) >= 11 is 0. The van der Waals surface area contributed by atoms with E-state index in [1.54, 1.807) is 6.26 Å². The van der Waals surface area contributed by atoms with Gasteiger partial charge in [-0.1, -0.05) is 24.3 Å². The van der Waals surface area contributed by atoms with Gasteiger partial charge in [0.1, 0.15) is 12.4 Å². The second-order valence-electron chi connectivity index (χ2n) is 6.52. The van der Waals surface area contributed by atoms with Crippen LogP contribution in [0.2, 0.25) is 0 Å². The average molecular weight is 364 g/mol. The van der Waals surface area contributed by atoms with Crippen molar-refractivity contribution in [1.29, 1.82) is 0 Å². The van der Waals surface area contributed by atoms with Crippen molar-refractivity contribution in [2.75, 3.05) is 19.0 Å². The molecule has 140 valence electrons. The molecule has 2 aromatic carbocycles. The highest BCUT2D eigenvalue weighted by Gasteiger charge is 2.06. The molecule has 1 amide bonds. The Morgan fingerprint density at radius 1 is 1.00 bits per heavy atom. The molecular formula is C22H24N2O3. The van der Waals surface area contributed by atoms with Gasteiger partial charge in [-0.3, -0.25) is 4.79 Å². The van der Waals surface area contributed by atoms with Gasteiger partial charge in [0.05, 0.1) is 12.9 Å². The topological polar surface area (TPSA) is 54.7 Å². The van der Waals surface area contributed by atoms with E-state index in [1.807, 2.05) is 79.7 Å². The van der Waals surface area contributed by atoms with Crippen LogP contribution in [-0.2, 0) is 24.5 Å². The fraction of sp³-hybridized carbons (Fsp3) is 0.227.